The normalized spacial score (nSPS) is 13.9. The molecule has 1 aliphatic rings. The average molecular weight is 366 g/mol. The van der Waals surface area contributed by atoms with Crippen LogP contribution in [0.4, 0.5) is 5.69 Å². The molecule has 6 heteroatoms. The molecule has 1 aliphatic heterocycles. The van der Waals surface area contributed by atoms with Gasteiger partial charge in [0.25, 0.3) is 0 Å². The summed E-state index contributed by atoms with van der Waals surface area (Å²) < 4.78 is 10.8. The van der Waals surface area contributed by atoms with E-state index in [-0.39, 0.29) is 6.79 Å². The lowest BCUT2D eigenvalue weighted by molar-refractivity contribution is 0.0516. The molecule has 2 aromatic rings. The van der Waals surface area contributed by atoms with E-state index in [1.807, 2.05) is 32.0 Å². The van der Waals surface area contributed by atoms with E-state index in [0.717, 1.165) is 52.8 Å². The summed E-state index contributed by atoms with van der Waals surface area (Å²) >= 11 is 0. The summed E-state index contributed by atoms with van der Waals surface area (Å²) in [6.07, 6.45) is 5.56. The minimum absolute atomic E-state index is 0.234. The number of benzene rings is 1. The third-order valence-corrected chi connectivity index (χ3v) is 5.70. The molecule has 0 radical (unpaired) electrons. The first-order valence-electron chi connectivity index (χ1n) is 9.59. The van der Waals surface area contributed by atoms with Crippen molar-refractivity contribution in [1.82, 2.24) is 4.98 Å². The summed E-state index contributed by atoms with van der Waals surface area (Å²) in [7, 11) is 1.63. The van der Waals surface area contributed by atoms with Crippen molar-refractivity contribution < 1.29 is 9.47 Å². The molecule has 0 N–H and O–H groups in total. The number of aryl methyl sites for hydroxylation is 1. The van der Waals surface area contributed by atoms with Gasteiger partial charge in [-0.05, 0) is 66.4 Å². The van der Waals surface area contributed by atoms with Crippen molar-refractivity contribution >= 4 is 18.0 Å². The predicted octanol–water partition coefficient (Wildman–Crippen LogP) is 4.47. The zero-order valence-corrected chi connectivity index (χ0v) is 16.7. The van der Waals surface area contributed by atoms with Crippen LogP contribution in [-0.2, 0) is 11.2 Å². The van der Waals surface area contributed by atoms with Crippen LogP contribution in [0.3, 0.4) is 0 Å². The maximum Gasteiger partial charge on any atom is 0.205 e. The molecule has 3 rings (SSSR count). The minimum Gasteiger partial charge on any atom is -0.467 e. The van der Waals surface area contributed by atoms with Crippen LogP contribution < -0.4 is 10.3 Å². The highest BCUT2D eigenvalue weighted by Crippen LogP contribution is 2.29. The van der Waals surface area contributed by atoms with Crippen molar-refractivity contribution in [3.05, 3.63) is 51.1 Å². The number of hydrogen-bond donors (Lipinski definition) is 0. The van der Waals surface area contributed by atoms with Crippen LogP contribution in [0, 0.1) is 25.7 Å². The van der Waals surface area contributed by atoms with Crippen molar-refractivity contribution in [2.75, 3.05) is 13.9 Å². The van der Waals surface area contributed by atoms with Crippen LogP contribution in [0.15, 0.2) is 23.4 Å². The van der Waals surface area contributed by atoms with E-state index in [1.165, 1.54) is 18.4 Å². The lowest BCUT2D eigenvalue weighted by Gasteiger charge is -2.17. The molecule has 27 heavy (non-hydrogen) atoms. The Bertz CT molecular complexity index is 833. The molecule has 1 aromatic carbocycles. The Morgan fingerprint density at radius 1 is 1.15 bits per heavy atom. The fourth-order valence-corrected chi connectivity index (χ4v) is 4.00. The lowest BCUT2D eigenvalue weighted by atomic mass is 9.45. The second-order valence-electron chi connectivity index (χ2n) is 7.43. The SMILES string of the molecule is COCOc1ccc(Cc2c(C)cc(N=O)c(C)c2C)nc1B1CCCC1. The van der Waals surface area contributed by atoms with Crippen molar-refractivity contribution in [2.24, 2.45) is 5.18 Å². The first-order chi connectivity index (χ1) is 13.0. The molecule has 0 atom stereocenters. The molecule has 2 heterocycles. The van der Waals surface area contributed by atoms with Gasteiger partial charge in [-0.2, -0.15) is 0 Å². The molecule has 1 aromatic heterocycles. The summed E-state index contributed by atoms with van der Waals surface area (Å²) in [6.45, 7) is 6.74. The van der Waals surface area contributed by atoms with Gasteiger partial charge in [0.2, 0.25) is 6.71 Å². The highest BCUT2D eigenvalue weighted by molar-refractivity contribution is 6.73. The highest BCUT2D eigenvalue weighted by Gasteiger charge is 2.26. The van der Waals surface area contributed by atoms with Crippen molar-refractivity contribution in [3.63, 3.8) is 0 Å². The molecule has 0 aliphatic carbocycles. The Hall–Kier alpha value is -2.21. The number of nitroso groups, excluding NO2 is 1. The van der Waals surface area contributed by atoms with Crippen LogP contribution in [-0.4, -0.2) is 25.6 Å². The lowest BCUT2D eigenvalue weighted by Crippen LogP contribution is -2.32. The van der Waals surface area contributed by atoms with Crippen LogP contribution in [0.1, 0.15) is 40.8 Å². The maximum absolute atomic E-state index is 11.0. The third kappa shape index (κ3) is 4.21. The molecular formula is C21H27BN2O3. The molecule has 5 nitrogen and oxygen atoms in total. The van der Waals surface area contributed by atoms with E-state index in [9.17, 15) is 4.91 Å². The largest absolute Gasteiger partial charge is 0.467 e. The number of aromatic nitrogens is 1. The Balaban J connectivity index is 1.95. The Morgan fingerprint density at radius 3 is 2.56 bits per heavy atom. The van der Waals surface area contributed by atoms with E-state index in [2.05, 4.69) is 12.1 Å². The Labute approximate surface area is 161 Å². The van der Waals surface area contributed by atoms with Gasteiger partial charge in [-0.25, -0.2) is 0 Å². The fourth-order valence-electron chi connectivity index (χ4n) is 4.00. The summed E-state index contributed by atoms with van der Waals surface area (Å²) in [5.41, 5.74) is 6.97. The van der Waals surface area contributed by atoms with Gasteiger partial charge in [-0.3, -0.25) is 4.98 Å². The molecule has 0 amide bonds. The van der Waals surface area contributed by atoms with Gasteiger partial charge < -0.3 is 9.47 Å². The minimum atomic E-state index is 0.234. The van der Waals surface area contributed by atoms with Gasteiger partial charge in [0, 0.05) is 24.8 Å². The van der Waals surface area contributed by atoms with Crippen molar-refractivity contribution in [1.29, 1.82) is 0 Å². The van der Waals surface area contributed by atoms with Crippen molar-refractivity contribution in [2.45, 2.75) is 52.7 Å². The van der Waals surface area contributed by atoms with Crippen LogP contribution >= 0.6 is 0 Å². The number of ether oxygens (including phenoxy) is 2. The number of pyridine rings is 1. The zero-order chi connectivity index (χ0) is 19.4. The molecule has 0 saturated carbocycles. The molecule has 0 spiro atoms. The van der Waals surface area contributed by atoms with E-state index in [1.54, 1.807) is 7.11 Å². The van der Waals surface area contributed by atoms with E-state index in [0.29, 0.717) is 12.4 Å². The molecule has 0 bridgehead atoms. The van der Waals surface area contributed by atoms with E-state index < -0.39 is 0 Å². The first-order valence-corrected chi connectivity index (χ1v) is 9.59. The smallest absolute Gasteiger partial charge is 0.205 e. The van der Waals surface area contributed by atoms with Crippen LogP contribution in [0.5, 0.6) is 5.75 Å². The predicted molar refractivity (Wildman–Crippen MR) is 110 cm³/mol. The fraction of sp³-hybridized carbons (Fsp3) is 0.476. The monoisotopic (exact) mass is 366 g/mol. The second-order valence-corrected chi connectivity index (χ2v) is 7.43. The summed E-state index contributed by atoms with van der Waals surface area (Å²) in [5.74, 6) is 0.831. The summed E-state index contributed by atoms with van der Waals surface area (Å²) in [5, 5.41) is 3.15. The van der Waals surface area contributed by atoms with E-state index >= 15 is 0 Å². The molecule has 142 valence electrons. The Morgan fingerprint density at radius 2 is 1.89 bits per heavy atom. The van der Waals surface area contributed by atoms with Gasteiger partial charge in [0.05, 0.1) is 0 Å². The number of hydrogen-bond acceptors (Lipinski definition) is 5. The van der Waals surface area contributed by atoms with Gasteiger partial charge in [0.15, 0.2) is 6.79 Å². The molecular weight excluding hydrogens is 339 g/mol. The number of nitrogens with zero attached hydrogens (tertiary/aromatic N) is 2. The second kappa shape index (κ2) is 8.66. The standard InChI is InChI=1S/C21H27BN2O3/c1-14-11-19(24-25)16(3)15(2)18(14)12-17-7-8-20(27-13-26-4)21(23-17)22-9-5-6-10-22/h7-8,11H,5-6,9-10,12-13H2,1-4H3. The van der Waals surface area contributed by atoms with Gasteiger partial charge in [-0.1, -0.05) is 25.5 Å². The number of rotatable bonds is 7. The molecule has 0 unspecified atom stereocenters. The van der Waals surface area contributed by atoms with Crippen molar-refractivity contribution in [3.8, 4) is 5.75 Å². The van der Waals surface area contributed by atoms with Gasteiger partial charge in [-0.15, -0.1) is 4.91 Å². The average Bonchev–Trinajstić information content (AvgIpc) is 3.21. The highest BCUT2D eigenvalue weighted by atomic mass is 16.7. The molecule has 1 saturated heterocycles. The Kier molecular flexibility index (Phi) is 6.27. The summed E-state index contributed by atoms with van der Waals surface area (Å²) in [6, 6.07) is 5.93. The van der Waals surface area contributed by atoms with E-state index in [4.69, 9.17) is 14.5 Å². The van der Waals surface area contributed by atoms with Gasteiger partial charge in [0.1, 0.15) is 11.4 Å². The van der Waals surface area contributed by atoms with Crippen LogP contribution in [0.2, 0.25) is 12.6 Å². The van der Waals surface area contributed by atoms with Crippen LogP contribution in [0.25, 0.3) is 0 Å². The van der Waals surface area contributed by atoms with Gasteiger partial charge >= 0.3 is 0 Å². The quantitative estimate of drug-likeness (QED) is 0.412. The summed E-state index contributed by atoms with van der Waals surface area (Å²) in [4.78, 5) is 16.0. The molecule has 1 fully saturated rings. The zero-order valence-electron chi connectivity index (χ0n) is 16.7. The third-order valence-electron chi connectivity index (χ3n) is 5.70. The first kappa shape index (κ1) is 19.6. The topological polar surface area (TPSA) is 60.8 Å². The maximum atomic E-state index is 11.0. The number of methoxy groups -OCH3 is 1.